The van der Waals surface area contributed by atoms with Gasteiger partial charge in [0.25, 0.3) is 0 Å². The number of hydrogen-bond donors (Lipinski definition) is 1. The summed E-state index contributed by atoms with van der Waals surface area (Å²) < 4.78 is 5.07. The minimum atomic E-state index is -0.101. The fourth-order valence-electron chi connectivity index (χ4n) is 4.03. The Morgan fingerprint density at radius 3 is 2.57 bits per heavy atom. The van der Waals surface area contributed by atoms with Crippen molar-refractivity contribution < 1.29 is 19.4 Å². The maximum Gasteiger partial charge on any atom is 0.227 e. The standard InChI is InChI=1S/C21H31N3O4/c1-28-13-12-24-15-18(6-7-20(24)26)21(27)23-10-8-22(9-11-23)14-17-4-2-3-5-19(17)16-25/h2-5,18,25H,6-16H2,1H3. The van der Waals surface area contributed by atoms with E-state index in [0.29, 0.717) is 45.6 Å². The lowest BCUT2D eigenvalue weighted by atomic mass is 9.95. The number of aliphatic hydroxyl groups excluding tert-OH is 1. The SMILES string of the molecule is COCCN1CC(C(=O)N2CCN(Cc3ccccc3CO)CC2)CCC1=O. The lowest BCUT2D eigenvalue weighted by molar-refractivity contribution is -0.144. The fourth-order valence-corrected chi connectivity index (χ4v) is 4.03. The normalized spacial score (nSPS) is 21.2. The summed E-state index contributed by atoms with van der Waals surface area (Å²) in [4.78, 5) is 31.0. The van der Waals surface area contributed by atoms with E-state index in [4.69, 9.17) is 4.74 Å². The van der Waals surface area contributed by atoms with E-state index < -0.39 is 0 Å². The second kappa shape index (κ2) is 10.0. The van der Waals surface area contributed by atoms with Crippen molar-refractivity contribution in [3.63, 3.8) is 0 Å². The summed E-state index contributed by atoms with van der Waals surface area (Å²) in [6, 6.07) is 7.94. The fraction of sp³-hybridized carbons (Fsp3) is 0.619. The van der Waals surface area contributed by atoms with Gasteiger partial charge in [-0.3, -0.25) is 14.5 Å². The molecule has 2 aliphatic heterocycles. The van der Waals surface area contributed by atoms with Gasteiger partial charge >= 0.3 is 0 Å². The molecule has 1 aromatic carbocycles. The first-order valence-electron chi connectivity index (χ1n) is 10.1. The van der Waals surface area contributed by atoms with Gasteiger partial charge in [-0.1, -0.05) is 24.3 Å². The second-order valence-corrected chi connectivity index (χ2v) is 7.60. The van der Waals surface area contributed by atoms with E-state index in [1.165, 1.54) is 0 Å². The average molecular weight is 389 g/mol. The molecular weight excluding hydrogens is 358 g/mol. The van der Waals surface area contributed by atoms with Crippen LogP contribution in [0.2, 0.25) is 0 Å². The molecule has 2 aliphatic rings. The van der Waals surface area contributed by atoms with Crippen molar-refractivity contribution in [2.24, 2.45) is 5.92 Å². The smallest absolute Gasteiger partial charge is 0.227 e. The molecule has 28 heavy (non-hydrogen) atoms. The molecule has 2 saturated heterocycles. The number of benzene rings is 1. The molecule has 0 radical (unpaired) electrons. The molecule has 154 valence electrons. The van der Waals surface area contributed by atoms with Crippen LogP contribution in [0.5, 0.6) is 0 Å². The van der Waals surface area contributed by atoms with Crippen LogP contribution in [-0.4, -0.2) is 84.6 Å². The molecule has 2 amide bonds. The highest BCUT2D eigenvalue weighted by atomic mass is 16.5. The number of carbonyl (C=O) groups excluding carboxylic acids is 2. The number of likely N-dealkylation sites (tertiary alicyclic amines) is 1. The third-order valence-electron chi connectivity index (χ3n) is 5.78. The summed E-state index contributed by atoms with van der Waals surface area (Å²) in [6.45, 7) is 5.47. The van der Waals surface area contributed by atoms with Gasteiger partial charge in [0, 0.05) is 59.3 Å². The van der Waals surface area contributed by atoms with Crippen LogP contribution in [0.25, 0.3) is 0 Å². The number of nitrogens with zero attached hydrogens (tertiary/aromatic N) is 3. The van der Waals surface area contributed by atoms with E-state index in [9.17, 15) is 14.7 Å². The Balaban J connectivity index is 1.50. The largest absolute Gasteiger partial charge is 0.392 e. The summed E-state index contributed by atoms with van der Waals surface area (Å²) >= 11 is 0. The molecule has 3 rings (SSSR count). The van der Waals surface area contributed by atoms with Crippen LogP contribution in [-0.2, 0) is 27.5 Å². The maximum atomic E-state index is 12.9. The van der Waals surface area contributed by atoms with E-state index in [1.807, 2.05) is 23.1 Å². The molecule has 2 fully saturated rings. The zero-order valence-corrected chi connectivity index (χ0v) is 16.7. The summed E-state index contributed by atoms with van der Waals surface area (Å²) in [7, 11) is 1.62. The van der Waals surface area contributed by atoms with Gasteiger partial charge in [0.2, 0.25) is 11.8 Å². The lowest BCUT2D eigenvalue weighted by Crippen LogP contribution is -2.53. The van der Waals surface area contributed by atoms with Gasteiger partial charge < -0.3 is 19.6 Å². The Hall–Kier alpha value is -1.96. The van der Waals surface area contributed by atoms with Gasteiger partial charge in [0.1, 0.15) is 0 Å². The topological polar surface area (TPSA) is 73.3 Å². The number of ether oxygens (including phenoxy) is 1. The van der Waals surface area contributed by atoms with Crippen molar-refractivity contribution in [3.05, 3.63) is 35.4 Å². The molecule has 1 aromatic rings. The third kappa shape index (κ3) is 5.10. The van der Waals surface area contributed by atoms with Crippen LogP contribution in [0.3, 0.4) is 0 Å². The first kappa shape index (κ1) is 20.8. The minimum absolute atomic E-state index is 0.0502. The molecule has 2 heterocycles. The van der Waals surface area contributed by atoms with Crippen LogP contribution in [0.1, 0.15) is 24.0 Å². The Morgan fingerprint density at radius 2 is 1.89 bits per heavy atom. The number of piperidine rings is 1. The van der Waals surface area contributed by atoms with E-state index in [2.05, 4.69) is 11.0 Å². The number of piperazine rings is 1. The molecule has 1 atom stereocenters. The van der Waals surface area contributed by atoms with Crippen LogP contribution in [0.4, 0.5) is 0 Å². The predicted octanol–water partition coefficient (Wildman–Crippen LogP) is 0.708. The number of rotatable bonds is 7. The van der Waals surface area contributed by atoms with Crippen LogP contribution < -0.4 is 0 Å². The molecular formula is C21H31N3O4. The van der Waals surface area contributed by atoms with Gasteiger partial charge in [0.05, 0.1) is 19.1 Å². The summed E-state index contributed by atoms with van der Waals surface area (Å²) in [5.74, 6) is 0.190. The Morgan fingerprint density at radius 1 is 1.18 bits per heavy atom. The number of methoxy groups -OCH3 is 1. The van der Waals surface area contributed by atoms with Crippen molar-refractivity contribution in [2.45, 2.75) is 26.0 Å². The molecule has 0 aromatic heterocycles. The molecule has 0 saturated carbocycles. The summed E-state index contributed by atoms with van der Waals surface area (Å²) in [5, 5.41) is 9.49. The maximum absolute atomic E-state index is 12.9. The number of aliphatic hydroxyl groups is 1. The lowest BCUT2D eigenvalue weighted by Gasteiger charge is -2.39. The summed E-state index contributed by atoms with van der Waals surface area (Å²) in [6.07, 6.45) is 1.09. The van der Waals surface area contributed by atoms with Gasteiger partial charge in [0.15, 0.2) is 0 Å². The number of hydrogen-bond acceptors (Lipinski definition) is 5. The van der Waals surface area contributed by atoms with Crippen LogP contribution in [0.15, 0.2) is 24.3 Å². The third-order valence-corrected chi connectivity index (χ3v) is 5.78. The van der Waals surface area contributed by atoms with Crippen LogP contribution >= 0.6 is 0 Å². The van der Waals surface area contributed by atoms with Crippen molar-refractivity contribution in [3.8, 4) is 0 Å². The molecule has 7 nitrogen and oxygen atoms in total. The van der Waals surface area contributed by atoms with Crippen LogP contribution in [0, 0.1) is 5.92 Å². The van der Waals surface area contributed by atoms with Crippen molar-refractivity contribution in [2.75, 3.05) is 53.0 Å². The van der Waals surface area contributed by atoms with Crippen molar-refractivity contribution in [1.82, 2.24) is 14.7 Å². The molecule has 1 N–H and O–H groups in total. The first-order valence-corrected chi connectivity index (χ1v) is 10.1. The monoisotopic (exact) mass is 389 g/mol. The first-order chi connectivity index (χ1) is 13.6. The molecule has 0 spiro atoms. The van der Waals surface area contributed by atoms with E-state index in [-0.39, 0.29) is 24.3 Å². The molecule has 1 unspecified atom stereocenters. The number of amides is 2. The summed E-state index contributed by atoms with van der Waals surface area (Å²) in [5.41, 5.74) is 2.10. The van der Waals surface area contributed by atoms with E-state index >= 15 is 0 Å². The van der Waals surface area contributed by atoms with E-state index in [0.717, 1.165) is 30.8 Å². The zero-order chi connectivity index (χ0) is 19.9. The highest BCUT2D eigenvalue weighted by molar-refractivity contribution is 5.84. The average Bonchev–Trinajstić information content (AvgIpc) is 2.73. The quantitative estimate of drug-likeness (QED) is 0.744. The Bertz CT molecular complexity index is 673. The van der Waals surface area contributed by atoms with Gasteiger partial charge in [-0.2, -0.15) is 0 Å². The highest BCUT2D eigenvalue weighted by Crippen LogP contribution is 2.21. The number of carbonyl (C=O) groups is 2. The Labute approximate surface area is 166 Å². The van der Waals surface area contributed by atoms with E-state index in [1.54, 1.807) is 12.0 Å². The minimum Gasteiger partial charge on any atom is -0.392 e. The van der Waals surface area contributed by atoms with Crippen molar-refractivity contribution in [1.29, 1.82) is 0 Å². The van der Waals surface area contributed by atoms with Gasteiger partial charge in [-0.25, -0.2) is 0 Å². The zero-order valence-electron chi connectivity index (χ0n) is 16.7. The molecule has 7 heteroatoms. The Kier molecular flexibility index (Phi) is 7.42. The van der Waals surface area contributed by atoms with Gasteiger partial charge in [-0.15, -0.1) is 0 Å². The molecule has 0 bridgehead atoms. The second-order valence-electron chi connectivity index (χ2n) is 7.60. The van der Waals surface area contributed by atoms with Crippen molar-refractivity contribution >= 4 is 11.8 Å². The highest BCUT2D eigenvalue weighted by Gasteiger charge is 2.33. The molecule has 0 aliphatic carbocycles. The predicted molar refractivity (Wildman–Crippen MR) is 105 cm³/mol. The van der Waals surface area contributed by atoms with Gasteiger partial charge in [-0.05, 0) is 17.5 Å².